The van der Waals surface area contributed by atoms with Crippen LogP contribution in [0.5, 0.6) is 0 Å². The second-order valence-corrected chi connectivity index (χ2v) is 4.89. The highest BCUT2D eigenvalue weighted by Crippen LogP contribution is 2.28. The summed E-state index contributed by atoms with van der Waals surface area (Å²) < 4.78 is 0. The Hall–Kier alpha value is -0.570. The molecule has 82 valence electrons. The smallest absolute Gasteiger partial charge is 0.0905 e. The molecule has 0 unspecified atom stereocenters. The minimum absolute atomic E-state index is 0.325. The van der Waals surface area contributed by atoms with Gasteiger partial charge in [-0.15, -0.1) is 0 Å². The number of likely N-dealkylation sites (tertiary alicyclic amines) is 1. The molecule has 3 heteroatoms. The van der Waals surface area contributed by atoms with Gasteiger partial charge in [0.15, 0.2) is 0 Å². The van der Waals surface area contributed by atoms with Crippen LogP contribution >= 0.6 is 0 Å². The Kier molecular flexibility index (Phi) is 3.93. The average Bonchev–Trinajstić information content (AvgIpc) is 2.39. The lowest BCUT2D eigenvalue weighted by molar-refractivity contribution is 0.172. The monoisotopic (exact) mass is 197 g/mol. The zero-order chi connectivity index (χ0) is 10.6. The maximum Gasteiger partial charge on any atom is 0.0905 e. The van der Waals surface area contributed by atoms with Gasteiger partial charge < -0.3 is 5.73 Å². The largest absolute Gasteiger partial charge is 0.388 e. The van der Waals surface area contributed by atoms with Crippen molar-refractivity contribution in [3.8, 4) is 0 Å². The second-order valence-electron chi connectivity index (χ2n) is 4.89. The van der Waals surface area contributed by atoms with Crippen molar-refractivity contribution in [3.63, 3.8) is 0 Å². The van der Waals surface area contributed by atoms with Gasteiger partial charge in [-0.3, -0.25) is 10.3 Å². The van der Waals surface area contributed by atoms with E-state index in [0.29, 0.717) is 11.4 Å². The molecular formula is C11H23N3. The Bertz CT molecular complexity index is 199. The van der Waals surface area contributed by atoms with Crippen LogP contribution in [0.1, 0.15) is 46.0 Å². The van der Waals surface area contributed by atoms with E-state index in [9.17, 15) is 0 Å². The van der Waals surface area contributed by atoms with Crippen LogP contribution in [0.3, 0.4) is 0 Å². The van der Waals surface area contributed by atoms with Crippen molar-refractivity contribution >= 4 is 5.84 Å². The first-order chi connectivity index (χ1) is 6.52. The fourth-order valence-corrected chi connectivity index (χ4v) is 2.20. The zero-order valence-corrected chi connectivity index (χ0v) is 9.47. The van der Waals surface area contributed by atoms with E-state index in [1.54, 1.807) is 0 Å². The molecule has 0 bridgehead atoms. The van der Waals surface area contributed by atoms with Gasteiger partial charge in [0.1, 0.15) is 0 Å². The third kappa shape index (κ3) is 3.29. The topological polar surface area (TPSA) is 53.1 Å². The summed E-state index contributed by atoms with van der Waals surface area (Å²) in [5, 5.41) is 7.12. The Morgan fingerprint density at radius 1 is 1.43 bits per heavy atom. The van der Waals surface area contributed by atoms with Gasteiger partial charge in [-0.05, 0) is 52.6 Å². The molecule has 0 amide bonds. The Balaban J connectivity index is 2.15. The Morgan fingerprint density at radius 2 is 2.14 bits per heavy atom. The normalized spacial score (nSPS) is 21.3. The van der Waals surface area contributed by atoms with Crippen molar-refractivity contribution in [2.75, 3.05) is 13.1 Å². The van der Waals surface area contributed by atoms with E-state index in [1.807, 2.05) is 0 Å². The van der Waals surface area contributed by atoms with E-state index in [-0.39, 0.29) is 0 Å². The highest BCUT2D eigenvalue weighted by Gasteiger charge is 2.30. The first kappa shape index (κ1) is 11.5. The van der Waals surface area contributed by atoms with Crippen molar-refractivity contribution < 1.29 is 0 Å². The van der Waals surface area contributed by atoms with Crippen LogP contribution < -0.4 is 5.73 Å². The third-order valence-corrected chi connectivity index (χ3v) is 3.20. The van der Waals surface area contributed by atoms with Crippen LogP contribution in [0.2, 0.25) is 0 Å². The molecule has 3 N–H and O–H groups in total. The van der Waals surface area contributed by atoms with Gasteiger partial charge >= 0.3 is 0 Å². The number of amidine groups is 1. The summed E-state index contributed by atoms with van der Waals surface area (Å²) in [5.41, 5.74) is 5.71. The third-order valence-electron chi connectivity index (χ3n) is 3.20. The van der Waals surface area contributed by atoms with Gasteiger partial charge in [0.2, 0.25) is 0 Å². The number of rotatable bonds is 5. The molecule has 1 aliphatic rings. The predicted molar refractivity (Wildman–Crippen MR) is 60.7 cm³/mol. The average molecular weight is 197 g/mol. The highest BCUT2D eigenvalue weighted by atomic mass is 15.2. The maximum absolute atomic E-state index is 7.12. The van der Waals surface area contributed by atoms with Gasteiger partial charge in [-0.25, -0.2) is 0 Å². The number of hydrogen-bond acceptors (Lipinski definition) is 2. The SMILES string of the molecule is CC1(C)CCCN1CCCCC(=N)N. The quantitative estimate of drug-likeness (QED) is 0.402. The number of unbranched alkanes of at least 4 members (excludes halogenated alkanes) is 1. The Labute approximate surface area is 87.2 Å². The first-order valence-corrected chi connectivity index (χ1v) is 5.60. The van der Waals surface area contributed by atoms with Crippen molar-refractivity contribution in [1.29, 1.82) is 5.41 Å². The molecule has 0 saturated carbocycles. The molecule has 0 spiro atoms. The number of hydrogen-bond donors (Lipinski definition) is 2. The number of nitrogens with one attached hydrogen (secondary N) is 1. The van der Waals surface area contributed by atoms with Crippen LogP contribution in [0, 0.1) is 5.41 Å². The van der Waals surface area contributed by atoms with Gasteiger partial charge in [0.25, 0.3) is 0 Å². The molecule has 1 aliphatic heterocycles. The molecule has 1 saturated heterocycles. The van der Waals surface area contributed by atoms with Crippen molar-refractivity contribution in [2.45, 2.75) is 51.5 Å². The molecule has 0 aromatic carbocycles. The van der Waals surface area contributed by atoms with Crippen LogP contribution in [-0.4, -0.2) is 29.4 Å². The van der Waals surface area contributed by atoms with Gasteiger partial charge in [-0.1, -0.05) is 0 Å². The molecule has 0 aromatic heterocycles. The van der Waals surface area contributed by atoms with E-state index in [4.69, 9.17) is 11.1 Å². The summed E-state index contributed by atoms with van der Waals surface area (Å²) in [4.78, 5) is 2.56. The lowest BCUT2D eigenvalue weighted by Gasteiger charge is -2.31. The minimum atomic E-state index is 0.325. The zero-order valence-electron chi connectivity index (χ0n) is 9.47. The lowest BCUT2D eigenvalue weighted by Crippen LogP contribution is -2.38. The molecule has 1 rings (SSSR count). The van der Waals surface area contributed by atoms with E-state index in [1.165, 1.54) is 32.4 Å². The molecule has 0 radical (unpaired) electrons. The fraction of sp³-hybridized carbons (Fsp3) is 0.909. The van der Waals surface area contributed by atoms with Crippen molar-refractivity contribution in [1.82, 2.24) is 4.90 Å². The molecule has 14 heavy (non-hydrogen) atoms. The van der Waals surface area contributed by atoms with E-state index in [2.05, 4.69) is 18.7 Å². The summed E-state index contributed by atoms with van der Waals surface area (Å²) in [7, 11) is 0. The van der Waals surface area contributed by atoms with Crippen LogP contribution in [-0.2, 0) is 0 Å². The molecule has 1 fully saturated rings. The molecular weight excluding hydrogens is 174 g/mol. The first-order valence-electron chi connectivity index (χ1n) is 5.60. The van der Waals surface area contributed by atoms with E-state index >= 15 is 0 Å². The van der Waals surface area contributed by atoms with Crippen molar-refractivity contribution in [3.05, 3.63) is 0 Å². The van der Waals surface area contributed by atoms with Crippen molar-refractivity contribution in [2.24, 2.45) is 5.73 Å². The summed E-state index contributed by atoms with van der Waals surface area (Å²) in [5.74, 6) is 0.325. The van der Waals surface area contributed by atoms with E-state index < -0.39 is 0 Å². The van der Waals surface area contributed by atoms with E-state index in [0.717, 1.165) is 12.8 Å². The Morgan fingerprint density at radius 3 is 2.64 bits per heavy atom. The molecule has 1 heterocycles. The molecule has 0 aromatic rings. The molecule has 3 nitrogen and oxygen atoms in total. The summed E-state index contributed by atoms with van der Waals surface area (Å²) >= 11 is 0. The van der Waals surface area contributed by atoms with Gasteiger partial charge in [0, 0.05) is 12.0 Å². The molecule has 0 aliphatic carbocycles. The van der Waals surface area contributed by atoms with Crippen LogP contribution in [0.25, 0.3) is 0 Å². The lowest BCUT2D eigenvalue weighted by atomic mass is 10.0. The predicted octanol–water partition coefficient (Wildman–Crippen LogP) is 1.97. The van der Waals surface area contributed by atoms with Gasteiger partial charge in [-0.2, -0.15) is 0 Å². The number of nitrogens with two attached hydrogens (primary N) is 1. The molecule has 0 atom stereocenters. The standard InChI is InChI=1S/C11H23N3/c1-11(2)7-5-9-14(11)8-4-3-6-10(12)13/h3-9H2,1-2H3,(H3,12,13). The number of nitrogens with zero attached hydrogens (tertiary/aromatic N) is 1. The second kappa shape index (κ2) is 4.78. The summed E-state index contributed by atoms with van der Waals surface area (Å²) in [6, 6.07) is 0. The summed E-state index contributed by atoms with van der Waals surface area (Å²) in [6.45, 7) is 7.06. The minimum Gasteiger partial charge on any atom is -0.388 e. The van der Waals surface area contributed by atoms with Crippen LogP contribution in [0.4, 0.5) is 0 Å². The van der Waals surface area contributed by atoms with Crippen LogP contribution in [0.15, 0.2) is 0 Å². The summed E-state index contributed by atoms with van der Waals surface area (Å²) in [6.07, 6.45) is 5.64. The fourth-order valence-electron chi connectivity index (χ4n) is 2.20. The maximum atomic E-state index is 7.12. The highest BCUT2D eigenvalue weighted by molar-refractivity contribution is 5.76. The van der Waals surface area contributed by atoms with Gasteiger partial charge in [0.05, 0.1) is 5.84 Å².